The minimum atomic E-state index is -0.251. The van der Waals surface area contributed by atoms with Gasteiger partial charge in [0.15, 0.2) is 0 Å². The molecule has 0 aromatic heterocycles. The molecule has 3 aliphatic rings. The molecule has 6 heteroatoms. The number of amides is 2. The lowest BCUT2D eigenvalue weighted by Gasteiger charge is -2.34. The van der Waals surface area contributed by atoms with Gasteiger partial charge in [0.25, 0.3) is 0 Å². The van der Waals surface area contributed by atoms with E-state index in [1.165, 1.54) is 25.7 Å². The van der Waals surface area contributed by atoms with Crippen molar-refractivity contribution in [3.8, 4) is 0 Å². The molecule has 5 nitrogen and oxygen atoms in total. The molecular weight excluding hydrogens is 302 g/mol. The second-order valence-corrected chi connectivity index (χ2v) is 7.07. The van der Waals surface area contributed by atoms with Crippen molar-refractivity contribution in [1.82, 2.24) is 10.2 Å². The highest BCUT2D eigenvalue weighted by Crippen LogP contribution is 2.34. The van der Waals surface area contributed by atoms with Gasteiger partial charge in [-0.25, -0.2) is 0 Å². The van der Waals surface area contributed by atoms with Gasteiger partial charge in [-0.3, -0.25) is 9.59 Å². The number of halogens is 1. The van der Waals surface area contributed by atoms with Crippen molar-refractivity contribution in [2.75, 3.05) is 13.1 Å². The third-order valence-electron chi connectivity index (χ3n) is 5.48. The Labute approximate surface area is 138 Å². The van der Waals surface area contributed by atoms with Crippen LogP contribution in [0, 0.1) is 11.8 Å². The highest BCUT2D eigenvalue weighted by atomic mass is 35.5. The average Bonchev–Trinajstić information content (AvgIpc) is 2.90. The predicted octanol–water partition coefficient (Wildman–Crippen LogP) is 1.44. The summed E-state index contributed by atoms with van der Waals surface area (Å²) in [7, 11) is 0. The van der Waals surface area contributed by atoms with Crippen LogP contribution in [-0.2, 0) is 9.59 Å². The number of primary amides is 1. The summed E-state index contributed by atoms with van der Waals surface area (Å²) in [5, 5.41) is 3.56. The second-order valence-electron chi connectivity index (χ2n) is 7.07. The normalized spacial score (nSPS) is 34.6. The van der Waals surface area contributed by atoms with E-state index in [-0.39, 0.29) is 36.2 Å². The molecule has 2 amide bonds. The summed E-state index contributed by atoms with van der Waals surface area (Å²) >= 11 is 0. The number of carbonyl (C=O) groups excluding carboxylic acids is 2. The first-order valence-corrected chi connectivity index (χ1v) is 8.46. The van der Waals surface area contributed by atoms with Crippen molar-refractivity contribution < 1.29 is 9.59 Å². The monoisotopic (exact) mass is 329 g/mol. The van der Waals surface area contributed by atoms with Crippen LogP contribution in [0.15, 0.2) is 0 Å². The molecule has 126 valence electrons. The fourth-order valence-electron chi connectivity index (χ4n) is 4.45. The molecule has 1 saturated carbocycles. The molecule has 2 heterocycles. The van der Waals surface area contributed by atoms with Crippen LogP contribution in [0.1, 0.15) is 51.4 Å². The van der Waals surface area contributed by atoms with Crippen LogP contribution in [0.3, 0.4) is 0 Å². The molecule has 2 saturated heterocycles. The lowest BCUT2D eigenvalue weighted by Crippen LogP contribution is -2.49. The molecule has 0 aromatic rings. The maximum atomic E-state index is 12.7. The average molecular weight is 330 g/mol. The van der Waals surface area contributed by atoms with Crippen LogP contribution in [0.2, 0.25) is 0 Å². The van der Waals surface area contributed by atoms with Gasteiger partial charge < -0.3 is 16.0 Å². The molecule has 0 radical (unpaired) electrons. The van der Waals surface area contributed by atoms with Gasteiger partial charge in [-0.15, -0.1) is 12.4 Å². The fraction of sp³-hybridized carbons (Fsp3) is 0.875. The van der Waals surface area contributed by atoms with Crippen molar-refractivity contribution in [1.29, 1.82) is 0 Å². The fourth-order valence-corrected chi connectivity index (χ4v) is 4.45. The van der Waals surface area contributed by atoms with Crippen LogP contribution in [0.25, 0.3) is 0 Å². The number of hydrogen-bond acceptors (Lipinski definition) is 3. The highest BCUT2D eigenvalue weighted by Gasteiger charge is 2.40. The van der Waals surface area contributed by atoms with Crippen LogP contribution >= 0.6 is 12.4 Å². The minimum Gasteiger partial charge on any atom is -0.370 e. The number of nitrogens with zero attached hydrogens (tertiary/aromatic N) is 1. The van der Waals surface area contributed by atoms with Crippen molar-refractivity contribution >= 4 is 24.2 Å². The van der Waals surface area contributed by atoms with Crippen molar-refractivity contribution in [2.45, 2.75) is 63.5 Å². The SMILES string of the molecule is Cl.NC(=O)CC1CCCN(C(=O)C2CC3CCCCC3N2)C1. The maximum Gasteiger partial charge on any atom is 0.239 e. The lowest BCUT2D eigenvalue weighted by molar-refractivity contribution is -0.135. The predicted molar refractivity (Wildman–Crippen MR) is 87.7 cm³/mol. The lowest BCUT2D eigenvalue weighted by atomic mass is 9.85. The van der Waals surface area contributed by atoms with E-state index in [9.17, 15) is 9.59 Å². The zero-order chi connectivity index (χ0) is 14.8. The van der Waals surface area contributed by atoms with Gasteiger partial charge >= 0.3 is 0 Å². The van der Waals surface area contributed by atoms with E-state index >= 15 is 0 Å². The summed E-state index contributed by atoms with van der Waals surface area (Å²) in [6.07, 6.45) is 8.51. The molecule has 3 rings (SSSR count). The molecule has 0 spiro atoms. The number of piperidine rings is 1. The zero-order valence-corrected chi connectivity index (χ0v) is 13.9. The van der Waals surface area contributed by atoms with Gasteiger partial charge in [0.2, 0.25) is 11.8 Å². The number of rotatable bonds is 3. The summed E-state index contributed by atoms with van der Waals surface area (Å²) in [4.78, 5) is 25.8. The minimum absolute atomic E-state index is 0. The number of carbonyl (C=O) groups is 2. The van der Waals surface area contributed by atoms with Gasteiger partial charge in [0, 0.05) is 25.6 Å². The van der Waals surface area contributed by atoms with Crippen LogP contribution in [0.5, 0.6) is 0 Å². The van der Waals surface area contributed by atoms with E-state index in [4.69, 9.17) is 5.73 Å². The van der Waals surface area contributed by atoms with Crippen molar-refractivity contribution in [3.05, 3.63) is 0 Å². The molecule has 1 aliphatic carbocycles. The molecule has 0 bridgehead atoms. The van der Waals surface area contributed by atoms with Crippen LogP contribution < -0.4 is 11.1 Å². The standard InChI is InChI=1S/C16H27N3O2.ClH/c17-15(20)8-11-4-3-7-19(10-11)16(21)14-9-12-5-1-2-6-13(12)18-14;/h11-14,18H,1-10H2,(H2,17,20);1H. The van der Waals surface area contributed by atoms with E-state index in [0.29, 0.717) is 24.9 Å². The van der Waals surface area contributed by atoms with E-state index in [0.717, 1.165) is 25.8 Å². The zero-order valence-electron chi connectivity index (χ0n) is 13.1. The molecule has 0 aromatic carbocycles. The first-order valence-electron chi connectivity index (χ1n) is 8.46. The third kappa shape index (κ3) is 3.93. The van der Waals surface area contributed by atoms with Gasteiger partial charge in [0.05, 0.1) is 6.04 Å². The Morgan fingerprint density at radius 2 is 1.91 bits per heavy atom. The molecule has 2 aliphatic heterocycles. The summed E-state index contributed by atoms with van der Waals surface area (Å²) < 4.78 is 0. The Kier molecular flexibility index (Phi) is 6.09. The number of likely N-dealkylation sites (tertiary alicyclic amines) is 1. The Bertz CT molecular complexity index is 404. The number of nitrogens with two attached hydrogens (primary N) is 1. The topological polar surface area (TPSA) is 75.4 Å². The smallest absolute Gasteiger partial charge is 0.239 e. The molecule has 4 unspecified atom stereocenters. The quantitative estimate of drug-likeness (QED) is 0.822. The first kappa shape index (κ1) is 17.5. The van der Waals surface area contributed by atoms with Crippen molar-refractivity contribution in [3.63, 3.8) is 0 Å². The maximum absolute atomic E-state index is 12.7. The third-order valence-corrected chi connectivity index (χ3v) is 5.48. The Hall–Kier alpha value is -0.810. The molecule has 3 N–H and O–H groups in total. The van der Waals surface area contributed by atoms with Crippen molar-refractivity contribution in [2.24, 2.45) is 17.6 Å². The van der Waals surface area contributed by atoms with Gasteiger partial charge in [0.1, 0.15) is 0 Å². The van der Waals surface area contributed by atoms with E-state index in [2.05, 4.69) is 5.32 Å². The number of nitrogens with one attached hydrogen (secondary N) is 1. The van der Waals surface area contributed by atoms with E-state index in [1.54, 1.807) is 0 Å². The molecule has 22 heavy (non-hydrogen) atoms. The van der Waals surface area contributed by atoms with Gasteiger partial charge in [-0.05, 0) is 43.9 Å². The molecule has 4 atom stereocenters. The summed E-state index contributed by atoms with van der Waals surface area (Å²) in [5.41, 5.74) is 5.29. The molecule has 3 fully saturated rings. The van der Waals surface area contributed by atoms with Gasteiger partial charge in [-0.1, -0.05) is 12.8 Å². The largest absolute Gasteiger partial charge is 0.370 e. The number of hydrogen-bond donors (Lipinski definition) is 2. The summed E-state index contributed by atoms with van der Waals surface area (Å²) in [6, 6.07) is 0.560. The van der Waals surface area contributed by atoms with Crippen LogP contribution in [-0.4, -0.2) is 41.9 Å². The Morgan fingerprint density at radius 1 is 1.14 bits per heavy atom. The first-order chi connectivity index (χ1) is 10.1. The Morgan fingerprint density at radius 3 is 2.64 bits per heavy atom. The highest BCUT2D eigenvalue weighted by molar-refractivity contribution is 5.85. The van der Waals surface area contributed by atoms with Gasteiger partial charge in [-0.2, -0.15) is 0 Å². The summed E-state index contributed by atoms with van der Waals surface area (Å²) in [5.74, 6) is 0.945. The van der Waals surface area contributed by atoms with Crippen LogP contribution in [0.4, 0.5) is 0 Å². The Balaban J connectivity index is 0.00000176. The van der Waals surface area contributed by atoms with E-state index < -0.39 is 0 Å². The second kappa shape index (κ2) is 7.64. The molecular formula is C16H28ClN3O2. The number of fused-ring (bicyclic) bond motifs is 1. The summed E-state index contributed by atoms with van der Waals surface area (Å²) in [6.45, 7) is 1.54. The van der Waals surface area contributed by atoms with E-state index in [1.807, 2.05) is 4.90 Å².